The number of amides is 1. The van der Waals surface area contributed by atoms with Gasteiger partial charge < -0.3 is 4.42 Å². The van der Waals surface area contributed by atoms with Gasteiger partial charge in [-0.2, -0.15) is 5.10 Å². The molecule has 132 valence electrons. The number of likely N-dealkylation sites (N-methyl/N-ethyl adjacent to an activating group) is 1. The number of carbonyl (C=O) groups excluding carboxylic acids is 1. The van der Waals surface area contributed by atoms with E-state index in [1.165, 1.54) is 30.6 Å². The van der Waals surface area contributed by atoms with E-state index in [0.717, 1.165) is 11.5 Å². The van der Waals surface area contributed by atoms with Crippen molar-refractivity contribution in [1.82, 2.24) is 9.91 Å². The minimum absolute atomic E-state index is 0.0235. The molecule has 6 heteroatoms. The monoisotopic (exact) mass is 357 g/mol. The molecule has 0 unspecified atom stereocenters. The second kappa shape index (κ2) is 7.14. The van der Waals surface area contributed by atoms with Gasteiger partial charge in [-0.25, -0.2) is 5.01 Å². The van der Waals surface area contributed by atoms with Gasteiger partial charge in [0.1, 0.15) is 11.5 Å². The van der Waals surface area contributed by atoms with Crippen LogP contribution >= 0.6 is 11.3 Å². The molecule has 0 N–H and O–H groups in total. The van der Waals surface area contributed by atoms with E-state index in [2.05, 4.69) is 23.1 Å². The number of furan rings is 1. The third kappa shape index (κ3) is 3.41. The molecule has 0 radical (unpaired) electrons. The molecule has 1 fully saturated rings. The summed E-state index contributed by atoms with van der Waals surface area (Å²) in [6.45, 7) is 0.418. The minimum Gasteiger partial charge on any atom is -0.463 e. The zero-order valence-electron chi connectivity index (χ0n) is 14.4. The maximum atomic E-state index is 13.0. The highest BCUT2D eigenvalue weighted by molar-refractivity contribution is 7.10. The molecule has 3 heterocycles. The topological polar surface area (TPSA) is 49.1 Å². The lowest BCUT2D eigenvalue weighted by molar-refractivity contribution is -0.134. The quantitative estimate of drug-likeness (QED) is 0.815. The van der Waals surface area contributed by atoms with E-state index < -0.39 is 0 Å². The second-order valence-electron chi connectivity index (χ2n) is 6.85. The summed E-state index contributed by atoms with van der Waals surface area (Å²) in [5.74, 6) is 0.815. The zero-order valence-corrected chi connectivity index (χ0v) is 15.2. The molecule has 1 aliphatic carbocycles. The molecule has 1 aliphatic heterocycles. The van der Waals surface area contributed by atoms with E-state index in [0.29, 0.717) is 19.0 Å². The van der Waals surface area contributed by atoms with E-state index in [4.69, 9.17) is 4.42 Å². The molecule has 25 heavy (non-hydrogen) atoms. The summed E-state index contributed by atoms with van der Waals surface area (Å²) in [5.41, 5.74) is 0.847. The predicted molar refractivity (Wildman–Crippen MR) is 98.7 cm³/mol. The van der Waals surface area contributed by atoms with Crippen molar-refractivity contribution in [2.24, 2.45) is 5.10 Å². The predicted octanol–water partition coefficient (Wildman–Crippen LogP) is 3.89. The van der Waals surface area contributed by atoms with Gasteiger partial charge >= 0.3 is 0 Å². The maximum absolute atomic E-state index is 13.0. The van der Waals surface area contributed by atoms with Gasteiger partial charge in [0.25, 0.3) is 5.91 Å². The smallest absolute Gasteiger partial charge is 0.257 e. The van der Waals surface area contributed by atoms with Gasteiger partial charge in [-0.15, -0.1) is 11.3 Å². The highest BCUT2D eigenvalue weighted by atomic mass is 32.1. The lowest BCUT2D eigenvalue weighted by Crippen LogP contribution is -2.40. The molecule has 0 spiro atoms. The van der Waals surface area contributed by atoms with Crippen molar-refractivity contribution in [2.45, 2.75) is 44.2 Å². The number of hydrazone groups is 1. The van der Waals surface area contributed by atoms with Gasteiger partial charge in [0.05, 0.1) is 18.8 Å². The summed E-state index contributed by atoms with van der Waals surface area (Å²) >= 11 is 1.67. The minimum atomic E-state index is -0.0235. The van der Waals surface area contributed by atoms with Crippen LogP contribution in [0.1, 0.15) is 48.8 Å². The van der Waals surface area contributed by atoms with Gasteiger partial charge in [0, 0.05) is 17.3 Å². The first-order valence-electron chi connectivity index (χ1n) is 8.89. The number of rotatable bonds is 5. The standard InChI is InChI=1S/C19H23N3O2S/c1-21(14-6-2-3-7-14)13-19(23)22-16(18-9-5-11-25-18)12-15(20-22)17-8-4-10-24-17/h4-5,8-11,14,16H,2-3,6-7,12-13H2,1H3/t16-/m1/s1. The molecular formula is C19H23N3O2S. The Balaban J connectivity index is 1.53. The molecule has 1 amide bonds. The Morgan fingerprint density at radius 2 is 2.20 bits per heavy atom. The molecule has 4 rings (SSSR count). The van der Waals surface area contributed by atoms with Crippen molar-refractivity contribution in [2.75, 3.05) is 13.6 Å². The van der Waals surface area contributed by atoms with Crippen LogP contribution in [0.4, 0.5) is 0 Å². The molecule has 2 aliphatic rings. The first kappa shape index (κ1) is 16.5. The van der Waals surface area contributed by atoms with Crippen LogP contribution in [0.5, 0.6) is 0 Å². The van der Waals surface area contributed by atoms with Crippen molar-refractivity contribution in [1.29, 1.82) is 0 Å². The van der Waals surface area contributed by atoms with E-state index in [1.807, 2.05) is 23.6 Å². The third-order valence-electron chi connectivity index (χ3n) is 5.18. The van der Waals surface area contributed by atoms with Crippen molar-refractivity contribution in [3.63, 3.8) is 0 Å². The molecule has 2 aromatic rings. The van der Waals surface area contributed by atoms with Crippen LogP contribution in [0.25, 0.3) is 0 Å². The summed E-state index contributed by atoms with van der Waals surface area (Å²) in [6.07, 6.45) is 7.28. The summed E-state index contributed by atoms with van der Waals surface area (Å²) < 4.78 is 5.50. The maximum Gasteiger partial charge on any atom is 0.257 e. The number of hydrogen-bond donors (Lipinski definition) is 0. The number of carbonyl (C=O) groups is 1. The molecule has 2 aromatic heterocycles. The first-order chi connectivity index (χ1) is 12.2. The summed E-state index contributed by atoms with van der Waals surface area (Å²) in [4.78, 5) is 16.3. The molecule has 0 bridgehead atoms. The van der Waals surface area contributed by atoms with Gasteiger partial charge in [-0.3, -0.25) is 9.69 Å². The average molecular weight is 357 g/mol. The molecular weight excluding hydrogens is 334 g/mol. The van der Waals surface area contributed by atoms with Crippen molar-refractivity contribution in [3.05, 3.63) is 46.5 Å². The molecule has 1 atom stereocenters. The van der Waals surface area contributed by atoms with Crippen LogP contribution in [0.2, 0.25) is 0 Å². The lowest BCUT2D eigenvalue weighted by atomic mass is 10.1. The Morgan fingerprint density at radius 3 is 2.88 bits per heavy atom. The van der Waals surface area contributed by atoms with Crippen LogP contribution in [0, 0.1) is 0 Å². The van der Waals surface area contributed by atoms with Gasteiger partial charge in [0.2, 0.25) is 0 Å². The van der Waals surface area contributed by atoms with Crippen molar-refractivity contribution >= 4 is 23.0 Å². The Morgan fingerprint density at radius 1 is 1.36 bits per heavy atom. The van der Waals surface area contributed by atoms with Crippen LogP contribution in [0.3, 0.4) is 0 Å². The molecule has 1 saturated carbocycles. The van der Waals surface area contributed by atoms with E-state index in [1.54, 1.807) is 22.6 Å². The Labute approximate surface area is 151 Å². The third-order valence-corrected chi connectivity index (χ3v) is 6.15. The fourth-order valence-corrected chi connectivity index (χ4v) is 4.61. The zero-order chi connectivity index (χ0) is 17.2. The highest BCUT2D eigenvalue weighted by Gasteiger charge is 2.35. The largest absolute Gasteiger partial charge is 0.463 e. The highest BCUT2D eigenvalue weighted by Crippen LogP contribution is 2.35. The fraction of sp³-hybridized carbons (Fsp3) is 0.474. The molecule has 0 saturated heterocycles. The average Bonchev–Trinajstić information content (AvgIpc) is 3.43. The summed E-state index contributed by atoms with van der Waals surface area (Å²) in [7, 11) is 2.06. The summed E-state index contributed by atoms with van der Waals surface area (Å²) in [5, 5.41) is 8.36. The Kier molecular flexibility index (Phi) is 4.72. The SMILES string of the molecule is CN(CC(=O)N1N=C(c2ccco2)C[C@@H]1c1cccs1)C1CCCC1. The van der Waals surface area contributed by atoms with E-state index >= 15 is 0 Å². The number of thiophene rings is 1. The van der Waals surface area contributed by atoms with Crippen LogP contribution < -0.4 is 0 Å². The van der Waals surface area contributed by atoms with Gasteiger partial charge in [-0.1, -0.05) is 18.9 Å². The lowest BCUT2D eigenvalue weighted by Gasteiger charge is -2.27. The second-order valence-corrected chi connectivity index (χ2v) is 7.83. The fourth-order valence-electron chi connectivity index (χ4n) is 3.79. The van der Waals surface area contributed by atoms with Crippen LogP contribution in [-0.2, 0) is 4.79 Å². The van der Waals surface area contributed by atoms with Crippen LogP contribution in [-0.4, -0.2) is 41.2 Å². The Hall–Kier alpha value is -1.92. The first-order valence-corrected chi connectivity index (χ1v) is 9.77. The molecule has 5 nitrogen and oxygen atoms in total. The number of nitrogens with zero attached hydrogens (tertiary/aromatic N) is 3. The van der Waals surface area contributed by atoms with E-state index in [-0.39, 0.29) is 11.9 Å². The Bertz CT molecular complexity index is 733. The molecule has 0 aromatic carbocycles. The van der Waals surface area contributed by atoms with Gasteiger partial charge in [-0.05, 0) is 43.5 Å². The summed E-state index contributed by atoms with van der Waals surface area (Å²) in [6, 6.07) is 8.37. The van der Waals surface area contributed by atoms with Crippen molar-refractivity contribution < 1.29 is 9.21 Å². The van der Waals surface area contributed by atoms with Crippen LogP contribution in [0.15, 0.2) is 45.4 Å². The van der Waals surface area contributed by atoms with Crippen molar-refractivity contribution in [3.8, 4) is 0 Å². The van der Waals surface area contributed by atoms with E-state index in [9.17, 15) is 4.79 Å². The normalized spacial score (nSPS) is 21.3. The van der Waals surface area contributed by atoms with Gasteiger partial charge in [0.15, 0.2) is 0 Å². The number of hydrogen-bond acceptors (Lipinski definition) is 5.